The predicted octanol–water partition coefficient (Wildman–Crippen LogP) is -4.26. The van der Waals surface area contributed by atoms with E-state index >= 15 is 0 Å². The fourth-order valence-corrected chi connectivity index (χ4v) is 0. The minimum absolute atomic E-state index is 0. The Morgan fingerprint density at radius 1 is 0.409 bits per heavy atom. The van der Waals surface area contributed by atoms with Gasteiger partial charge in [-0.15, -0.1) is 0 Å². The van der Waals surface area contributed by atoms with Crippen molar-refractivity contribution >= 4 is 0 Å². The topological polar surface area (TPSA) is 391 Å². The molecule has 8 N–H and O–H groups in total. The fraction of sp³-hybridized carbons (Fsp3) is 0. The summed E-state index contributed by atoms with van der Waals surface area (Å²) in [5.41, 5.74) is 0. The van der Waals surface area contributed by atoms with Crippen molar-refractivity contribution in [2.75, 3.05) is 0 Å². The van der Waals surface area contributed by atoms with Gasteiger partial charge in [0.1, 0.15) is 0 Å². The molecule has 20 nitrogen and oxygen atoms in total. The van der Waals surface area contributed by atoms with Crippen LogP contribution in [0.1, 0.15) is 0 Å². The van der Waals surface area contributed by atoms with Crippen molar-refractivity contribution in [3.05, 3.63) is 61.3 Å². The summed E-state index contributed by atoms with van der Waals surface area (Å²) in [6, 6.07) is 0. The largest absolute Gasteiger partial charge is 2.00 e. The van der Waals surface area contributed by atoms with Gasteiger partial charge in [0.05, 0.1) is 20.3 Å². The van der Waals surface area contributed by atoms with Crippen LogP contribution in [-0.4, -0.2) is 42.3 Å². The van der Waals surface area contributed by atoms with E-state index in [-0.39, 0.29) is 55.5 Å². The summed E-state index contributed by atoms with van der Waals surface area (Å²) >= 11 is 0. The first kappa shape index (κ1) is 73.4. The molecule has 0 amide bonds. The molecule has 0 aromatic heterocycles. The Morgan fingerprint density at radius 2 is 0.409 bits per heavy atom. The van der Waals surface area contributed by atoms with Crippen molar-refractivity contribution in [3.63, 3.8) is 0 Å². The van der Waals surface area contributed by atoms with Crippen LogP contribution >= 0.6 is 0 Å². The molecule has 0 bridgehead atoms. The third kappa shape index (κ3) is 889. The van der Waals surface area contributed by atoms with Gasteiger partial charge in [0.15, 0.2) is 0 Å². The van der Waals surface area contributed by atoms with Crippen LogP contribution in [0, 0.1) is 61.3 Å². The zero-order valence-corrected chi connectivity index (χ0v) is 11.6. The molecule has 0 saturated carbocycles. The Kier molecular flexibility index (Phi) is 208. The summed E-state index contributed by atoms with van der Waals surface area (Å²) in [5, 5.41) is 59.0. The molecule has 0 atom stereocenters. The third-order valence-corrected chi connectivity index (χ3v) is 0. The Balaban J connectivity index is -0.00000001000. The summed E-state index contributed by atoms with van der Waals surface area (Å²) in [5.74, 6) is 0. The second-order valence-electron chi connectivity index (χ2n) is 0.894. The van der Waals surface area contributed by atoms with Crippen molar-refractivity contribution in [3.8, 4) is 0 Å². The van der Waals surface area contributed by atoms with E-state index in [1.54, 1.807) is 0 Å². The summed E-state index contributed by atoms with van der Waals surface area (Å²) < 4.78 is 0. The number of rotatable bonds is 0. The fourth-order valence-electron chi connectivity index (χ4n) is 0. The SMILES string of the molecule is O.O.O.O.O=[N+]([O-])[O-].O=[N+]([O-])[O-].O=[N+]([O-])[O-].O=[N+]([O-])[O-].[Mn+2].[Ni+2]. The summed E-state index contributed by atoms with van der Waals surface area (Å²) in [7, 11) is 0. The molecule has 1 radical (unpaired) electrons. The van der Waals surface area contributed by atoms with Crippen LogP contribution in [0.4, 0.5) is 0 Å². The van der Waals surface area contributed by atoms with E-state index in [1.165, 1.54) is 0 Å². The van der Waals surface area contributed by atoms with E-state index in [0.717, 1.165) is 0 Å². The summed E-state index contributed by atoms with van der Waals surface area (Å²) in [6.45, 7) is 0. The second kappa shape index (κ2) is 62.4. The standard InChI is InChI=1S/Mn.4NO3.Ni.4H2O/c;4*2-1(3)4;;;;;/h;;;;;;4*1H2/q+2;4*-1;+2;;;;. The molecule has 0 aliphatic heterocycles. The molecule has 0 aromatic carbocycles. The van der Waals surface area contributed by atoms with Crippen LogP contribution in [0.15, 0.2) is 0 Å². The van der Waals surface area contributed by atoms with E-state index in [2.05, 4.69) is 0 Å². The van der Waals surface area contributed by atoms with Crippen molar-refractivity contribution in [1.29, 1.82) is 0 Å². The maximum absolute atomic E-state index is 8.25. The van der Waals surface area contributed by atoms with Crippen LogP contribution in [-0.2, 0) is 33.6 Å². The zero-order valence-electron chi connectivity index (χ0n) is 9.38. The molecule has 0 aromatic rings. The van der Waals surface area contributed by atoms with Crippen LogP contribution < -0.4 is 0 Å². The van der Waals surface area contributed by atoms with Gasteiger partial charge in [0.25, 0.3) is 0 Å². The van der Waals surface area contributed by atoms with Gasteiger partial charge in [-0.05, 0) is 0 Å². The Morgan fingerprint density at radius 3 is 0.409 bits per heavy atom. The van der Waals surface area contributed by atoms with Crippen LogP contribution in [0.25, 0.3) is 0 Å². The van der Waals surface area contributed by atoms with Gasteiger partial charge in [-0.2, -0.15) is 0 Å². The molecule has 0 rings (SSSR count). The van der Waals surface area contributed by atoms with Gasteiger partial charge in [0.2, 0.25) is 0 Å². The minimum atomic E-state index is -1.75. The molecular weight excluding hydrogens is 426 g/mol. The molecule has 0 fully saturated rings. The smallest absolute Gasteiger partial charge is 0.412 e. The van der Waals surface area contributed by atoms with E-state index in [0.29, 0.717) is 0 Å². The molecule has 0 spiro atoms. The summed E-state index contributed by atoms with van der Waals surface area (Å²) in [6.07, 6.45) is 0. The molecule has 0 heterocycles. The molecule has 0 unspecified atom stereocenters. The Bertz CT molecular complexity index is 166. The molecule has 0 aliphatic rings. The van der Waals surface area contributed by atoms with Gasteiger partial charge in [-0.25, -0.2) is 0 Å². The molecular formula is H8MnN4NiO16. The van der Waals surface area contributed by atoms with Crippen molar-refractivity contribution < 1.29 is 75.8 Å². The van der Waals surface area contributed by atoms with Gasteiger partial charge in [-0.3, -0.25) is 0 Å². The van der Waals surface area contributed by atoms with E-state index in [1.807, 2.05) is 0 Å². The van der Waals surface area contributed by atoms with Gasteiger partial charge in [-0.1, -0.05) is 0 Å². The van der Waals surface area contributed by atoms with Crippen molar-refractivity contribution in [2.45, 2.75) is 0 Å². The molecule has 22 heavy (non-hydrogen) atoms. The molecule has 0 aliphatic carbocycles. The quantitative estimate of drug-likeness (QED) is 0.199. The molecule has 22 heteroatoms. The summed E-state index contributed by atoms with van der Waals surface area (Å²) in [4.78, 5) is 33.0. The van der Waals surface area contributed by atoms with Gasteiger partial charge < -0.3 is 83.2 Å². The Hall–Kier alpha value is -2.35. The Labute approximate surface area is 138 Å². The van der Waals surface area contributed by atoms with Gasteiger partial charge in [0, 0.05) is 0 Å². The van der Waals surface area contributed by atoms with Crippen molar-refractivity contribution in [1.82, 2.24) is 0 Å². The average Bonchev–Trinajstić information content (AvgIpc) is 1.76. The van der Waals surface area contributed by atoms with E-state index < -0.39 is 20.3 Å². The minimum Gasteiger partial charge on any atom is -0.412 e. The average molecular weight is 434 g/mol. The van der Waals surface area contributed by atoms with E-state index in [9.17, 15) is 0 Å². The molecule has 0 saturated heterocycles. The van der Waals surface area contributed by atoms with Gasteiger partial charge >= 0.3 is 33.6 Å². The number of nitrogens with zero attached hydrogens (tertiary/aromatic N) is 4. The van der Waals surface area contributed by atoms with E-state index in [4.69, 9.17) is 61.3 Å². The maximum atomic E-state index is 8.25. The first-order valence-corrected chi connectivity index (χ1v) is 2.19. The maximum Gasteiger partial charge on any atom is 2.00 e. The first-order valence-electron chi connectivity index (χ1n) is 2.19. The van der Waals surface area contributed by atoms with Crippen LogP contribution in [0.2, 0.25) is 0 Å². The third-order valence-electron chi connectivity index (χ3n) is 0. The van der Waals surface area contributed by atoms with Crippen molar-refractivity contribution in [2.24, 2.45) is 0 Å². The zero-order chi connectivity index (χ0) is 14.3. The number of hydrogen-bond donors (Lipinski definition) is 0. The van der Waals surface area contributed by atoms with Crippen LogP contribution in [0.3, 0.4) is 0 Å². The van der Waals surface area contributed by atoms with Crippen LogP contribution in [0.5, 0.6) is 0 Å². The second-order valence-corrected chi connectivity index (χ2v) is 0.894. The monoisotopic (exact) mass is 433 g/mol. The number of hydrogen-bond acceptors (Lipinski definition) is 12. The molecule has 141 valence electrons. The predicted molar refractivity (Wildman–Crippen MR) is 55.9 cm³/mol. The normalized spacial score (nSPS) is 4.36. The first-order chi connectivity index (χ1) is 6.93.